The number of nitrogens with zero attached hydrogens (tertiary/aromatic N) is 2. The number of fused-ring (bicyclic) bond motifs is 1. The highest BCUT2D eigenvalue weighted by Crippen LogP contribution is 2.37. The van der Waals surface area contributed by atoms with Crippen molar-refractivity contribution in [3.05, 3.63) is 71.1 Å². The van der Waals surface area contributed by atoms with Gasteiger partial charge in [0.25, 0.3) is 0 Å². The summed E-state index contributed by atoms with van der Waals surface area (Å²) < 4.78 is 5.31. The van der Waals surface area contributed by atoms with Crippen molar-refractivity contribution < 1.29 is 4.74 Å². The molecule has 1 aliphatic rings. The van der Waals surface area contributed by atoms with Crippen molar-refractivity contribution >= 4 is 11.1 Å². The molecule has 2 aromatic rings. The second kappa shape index (κ2) is 5.87. The van der Waals surface area contributed by atoms with E-state index in [-0.39, 0.29) is 0 Å². The summed E-state index contributed by atoms with van der Waals surface area (Å²) >= 11 is 0. The van der Waals surface area contributed by atoms with E-state index in [1.54, 1.807) is 19.5 Å². The molecular weight excluding hydrogens is 272 g/mol. The Morgan fingerprint density at radius 1 is 1.32 bits per heavy atom. The molecule has 0 aliphatic heterocycles. The Kier molecular flexibility index (Phi) is 3.76. The molecule has 1 aliphatic carbocycles. The molecule has 0 N–H and O–H groups in total. The Labute approximate surface area is 130 Å². The zero-order valence-corrected chi connectivity index (χ0v) is 12.6. The molecule has 0 atom stereocenters. The average molecular weight is 288 g/mol. The van der Waals surface area contributed by atoms with Gasteiger partial charge in [-0.05, 0) is 59.4 Å². The molecule has 3 heteroatoms. The third-order valence-corrected chi connectivity index (χ3v) is 3.98. The normalized spacial score (nSPS) is 13.8. The fourth-order valence-corrected chi connectivity index (χ4v) is 2.74. The van der Waals surface area contributed by atoms with Gasteiger partial charge in [-0.25, -0.2) is 0 Å². The highest BCUT2D eigenvalue weighted by Gasteiger charge is 2.20. The highest BCUT2D eigenvalue weighted by molar-refractivity contribution is 5.95. The van der Waals surface area contributed by atoms with Crippen molar-refractivity contribution in [1.82, 2.24) is 4.98 Å². The average Bonchev–Trinajstić information content (AvgIpc) is 2.99. The molecule has 0 saturated heterocycles. The van der Waals surface area contributed by atoms with Crippen LogP contribution in [0.15, 0.2) is 54.4 Å². The van der Waals surface area contributed by atoms with Crippen LogP contribution < -0.4 is 4.74 Å². The largest absolute Gasteiger partial charge is 0.497 e. The molecule has 22 heavy (non-hydrogen) atoms. The summed E-state index contributed by atoms with van der Waals surface area (Å²) in [6.45, 7) is 1.97. The molecule has 0 unspecified atom stereocenters. The summed E-state index contributed by atoms with van der Waals surface area (Å²) in [4.78, 5) is 4.14. The van der Waals surface area contributed by atoms with Gasteiger partial charge in [0.1, 0.15) is 11.8 Å². The second-order valence-corrected chi connectivity index (χ2v) is 5.20. The Bertz CT molecular complexity index is 811. The second-order valence-electron chi connectivity index (χ2n) is 5.20. The van der Waals surface area contributed by atoms with Crippen LogP contribution in [0.5, 0.6) is 5.75 Å². The molecule has 0 amide bonds. The topological polar surface area (TPSA) is 45.9 Å². The van der Waals surface area contributed by atoms with E-state index in [4.69, 9.17) is 4.74 Å². The smallest absolute Gasteiger partial charge is 0.119 e. The first-order valence-corrected chi connectivity index (χ1v) is 7.13. The van der Waals surface area contributed by atoms with E-state index in [0.717, 1.165) is 34.4 Å². The Morgan fingerprint density at radius 3 is 2.86 bits per heavy atom. The number of pyridine rings is 1. The third-order valence-electron chi connectivity index (χ3n) is 3.98. The maximum Gasteiger partial charge on any atom is 0.119 e. The zero-order valence-electron chi connectivity index (χ0n) is 12.6. The quantitative estimate of drug-likeness (QED) is 0.801. The zero-order chi connectivity index (χ0) is 15.5. The van der Waals surface area contributed by atoms with Crippen molar-refractivity contribution in [3.63, 3.8) is 0 Å². The molecule has 3 nitrogen and oxygen atoms in total. The minimum absolute atomic E-state index is 0.694. The van der Waals surface area contributed by atoms with Crippen LogP contribution in [0.4, 0.5) is 0 Å². The molecule has 0 spiro atoms. The number of benzene rings is 1. The number of allylic oxidation sites excluding steroid dienone is 4. The molecule has 1 heterocycles. The molecular formula is C19H16N2O. The van der Waals surface area contributed by atoms with Gasteiger partial charge >= 0.3 is 0 Å². The van der Waals surface area contributed by atoms with Crippen LogP contribution in [0, 0.1) is 11.3 Å². The van der Waals surface area contributed by atoms with Gasteiger partial charge in [0.05, 0.1) is 12.7 Å². The van der Waals surface area contributed by atoms with Gasteiger partial charge in [-0.15, -0.1) is 0 Å². The number of methoxy groups -OCH3 is 1. The minimum Gasteiger partial charge on any atom is -0.497 e. The molecule has 0 fully saturated rings. The number of hydrogen-bond donors (Lipinski definition) is 0. The van der Waals surface area contributed by atoms with E-state index >= 15 is 0 Å². The van der Waals surface area contributed by atoms with Crippen LogP contribution in [-0.2, 0) is 6.42 Å². The summed E-state index contributed by atoms with van der Waals surface area (Å²) in [5.74, 6) is 0.808. The van der Waals surface area contributed by atoms with Gasteiger partial charge in [-0.3, -0.25) is 4.98 Å². The van der Waals surface area contributed by atoms with E-state index in [9.17, 15) is 5.26 Å². The van der Waals surface area contributed by atoms with E-state index in [1.165, 1.54) is 5.56 Å². The van der Waals surface area contributed by atoms with E-state index in [0.29, 0.717) is 5.57 Å². The standard InChI is InChI=1S/C19H16N2O/c1-13(15-4-3-9-21-12-15)19(11-20)17-8-6-14-5-7-16(22-2)10-18(14)17/h3-5,7-10,12H,6H2,1-2H3. The number of hydrogen-bond acceptors (Lipinski definition) is 3. The van der Waals surface area contributed by atoms with Crippen LogP contribution in [0.25, 0.3) is 11.1 Å². The third kappa shape index (κ3) is 2.40. The van der Waals surface area contributed by atoms with Crippen molar-refractivity contribution in [2.75, 3.05) is 7.11 Å². The first kappa shape index (κ1) is 14.1. The summed E-state index contributed by atoms with van der Waals surface area (Å²) in [7, 11) is 1.65. The van der Waals surface area contributed by atoms with Crippen LogP contribution in [-0.4, -0.2) is 12.1 Å². The first-order chi connectivity index (χ1) is 10.7. The summed E-state index contributed by atoms with van der Waals surface area (Å²) in [5, 5.41) is 9.67. The van der Waals surface area contributed by atoms with Gasteiger partial charge in [0.15, 0.2) is 0 Å². The van der Waals surface area contributed by atoms with Crippen molar-refractivity contribution in [2.45, 2.75) is 13.3 Å². The molecule has 3 rings (SSSR count). The number of rotatable bonds is 3. The maximum atomic E-state index is 9.67. The molecule has 1 aromatic carbocycles. The molecule has 0 radical (unpaired) electrons. The van der Waals surface area contributed by atoms with Crippen LogP contribution in [0.2, 0.25) is 0 Å². The maximum absolute atomic E-state index is 9.67. The number of ether oxygens (including phenoxy) is 1. The molecule has 0 bridgehead atoms. The molecule has 0 saturated carbocycles. The lowest BCUT2D eigenvalue weighted by atomic mass is 9.93. The van der Waals surface area contributed by atoms with E-state index in [2.05, 4.69) is 23.2 Å². The first-order valence-electron chi connectivity index (χ1n) is 7.13. The predicted octanol–water partition coefficient (Wildman–Crippen LogP) is 4.03. The van der Waals surface area contributed by atoms with E-state index in [1.807, 2.05) is 31.2 Å². The van der Waals surface area contributed by atoms with Crippen molar-refractivity contribution in [2.24, 2.45) is 0 Å². The predicted molar refractivity (Wildman–Crippen MR) is 87.1 cm³/mol. The molecule has 1 aromatic heterocycles. The monoisotopic (exact) mass is 288 g/mol. The van der Waals surface area contributed by atoms with Crippen LogP contribution >= 0.6 is 0 Å². The highest BCUT2D eigenvalue weighted by atomic mass is 16.5. The van der Waals surface area contributed by atoms with Gasteiger partial charge < -0.3 is 4.74 Å². The lowest BCUT2D eigenvalue weighted by Crippen LogP contribution is -1.93. The van der Waals surface area contributed by atoms with Crippen molar-refractivity contribution in [3.8, 4) is 11.8 Å². The summed E-state index contributed by atoms with van der Waals surface area (Å²) in [5.41, 5.74) is 5.90. The van der Waals surface area contributed by atoms with Crippen LogP contribution in [0.1, 0.15) is 23.6 Å². The summed E-state index contributed by atoms with van der Waals surface area (Å²) in [6, 6.07) is 12.2. The fourth-order valence-electron chi connectivity index (χ4n) is 2.74. The van der Waals surface area contributed by atoms with Crippen LogP contribution in [0.3, 0.4) is 0 Å². The number of aromatic nitrogens is 1. The van der Waals surface area contributed by atoms with Crippen molar-refractivity contribution in [1.29, 1.82) is 5.26 Å². The SMILES string of the molecule is COc1ccc2c(c1)C(C(C#N)=C(C)c1cccnc1)=CC2. The summed E-state index contributed by atoms with van der Waals surface area (Å²) in [6.07, 6.45) is 6.48. The Hall–Kier alpha value is -2.86. The minimum atomic E-state index is 0.694. The molecule has 108 valence electrons. The Balaban J connectivity index is 2.11. The van der Waals surface area contributed by atoms with Gasteiger partial charge in [-0.2, -0.15) is 5.26 Å². The van der Waals surface area contributed by atoms with E-state index < -0.39 is 0 Å². The van der Waals surface area contributed by atoms with Gasteiger partial charge in [0, 0.05) is 12.4 Å². The van der Waals surface area contributed by atoms with Gasteiger partial charge in [-0.1, -0.05) is 18.2 Å². The fraction of sp³-hybridized carbons (Fsp3) is 0.158. The number of nitriles is 1. The van der Waals surface area contributed by atoms with Gasteiger partial charge in [0.2, 0.25) is 0 Å². The Morgan fingerprint density at radius 2 is 2.18 bits per heavy atom. The lowest BCUT2D eigenvalue weighted by Gasteiger charge is -2.10. The lowest BCUT2D eigenvalue weighted by molar-refractivity contribution is 0.414.